The van der Waals surface area contributed by atoms with Crippen molar-refractivity contribution in [3.05, 3.63) is 53.1 Å². The Morgan fingerprint density at radius 3 is 2.50 bits per heavy atom. The van der Waals surface area contributed by atoms with Gasteiger partial charge in [-0.25, -0.2) is 8.42 Å². The Labute approximate surface area is 156 Å². The maximum atomic E-state index is 12.5. The van der Waals surface area contributed by atoms with E-state index in [1.54, 1.807) is 12.1 Å². The summed E-state index contributed by atoms with van der Waals surface area (Å²) in [5.41, 5.74) is 0.687. The lowest BCUT2D eigenvalue weighted by Crippen LogP contribution is -2.35. The number of amides is 1. The van der Waals surface area contributed by atoms with E-state index in [9.17, 15) is 13.2 Å². The smallest absolute Gasteiger partial charge is 0.243 e. The van der Waals surface area contributed by atoms with Crippen molar-refractivity contribution in [3.63, 3.8) is 0 Å². The van der Waals surface area contributed by atoms with Crippen LogP contribution in [0, 0.1) is 11.3 Å². The first kappa shape index (κ1) is 19.7. The zero-order chi connectivity index (χ0) is 19.3. The van der Waals surface area contributed by atoms with Crippen LogP contribution < -0.4 is 10.1 Å². The first-order chi connectivity index (χ1) is 12.3. The van der Waals surface area contributed by atoms with Crippen molar-refractivity contribution < 1.29 is 17.9 Å². The predicted octanol–water partition coefficient (Wildman–Crippen LogP) is 2.48. The molecule has 1 N–H and O–H groups in total. The summed E-state index contributed by atoms with van der Waals surface area (Å²) in [5, 5.41) is 11.8. The molecule has 0 aliphatic rings. The largest absolute Gasteiger partial charge is 0.495 e. The topological polar surface area (TPSA) is 99.5 Å². The van der Waals surface area contributed by atoms with Crippen molar-refractivity contribution in [1.82, 2.24) is 4.31 Å². The first-order valence-corrected chi connectivity index (χ1v) is 9.19. The number of nitrogens with zero attached hydrogens (tertiary/aromatic N) is 2. The second-order valence-corrected chi connectivity index (χ2v) is 7.77. The Bertz CT molecular complexity index is 953. The van der Waals surface area contributed by atoms with Crippen LogP contribution in [-0.2, 0) is 14.8 Å². The van der Waals surface area contributed by atoms with E-state index < -0.39 is 22.5 Å². The minimum Gasteiger partial charge on any atom is -0.495 e. The molecule has 0 radical (unpaired) electrons. The molecule has 0 heterocycles. The number of sulfonamides is 1. The van der Waals surface area contributed by atoms with E-state index >= 15 is 0 Å². The molecule has 9 heteroatoms. The molecule has 0 saturated carbocycles. The van der Waals surface area contributed by atoms with Crippen molar-refractivity contribution in [2.75, 3.05) is 26.0 Å². The van der Waals surface area contributed by atoms with Crippen LogP contribution in [0.15, 0.2) is 47.4 Å². The van der Waals surface area contributed by atoms with Gasteiger partial charge >= 0.3 is 0 Å². The third kappa shape index (κ3) is 4.52. The fraction of sp³-hybridized carbons (Fsp3) is 0.176. The number of methoxy groups -OCH3 is 1. The molecule has 0 spiro atoms. The number of carbonyl (C=O) groups excluding carboxylic acids is 1. The number of nitriles is 1. The Morgan fingerprint density at radius 2 is 1.92 bits per heavy atom. The molecule has 0 aliphatic heterocycles. The molecule has 26 heavy (non-hydrogen) atoms. The summed E-state index contributed by atoms with van der Waals surface area (Å²) >= 11 is 5.90. The Balaban J connectivity index is 2.13. The molecule has 1 amide bonds. The molecule has 2 aromatic rings. The fourth-order valence-corrected chi connectivity index (χ4v) is 3.44. The molecule has 2 rings (SSSR count). The van der Waals surface area contributed by atoms with Crippen molar-refractivity contribution >= 4 is 33.2 Å². The highest BCUT2D eigenvalue weighted by molar-refractivity contribution is 7.89. The molecule has 0 aliphatic carbocycles. The van der Waals surface area contributed by atoms with Crippen molar-refractivity contribution in [3.8, 4) is 11.8 Å². The summed E-state index contributed by atoms with van der Waals surface area (Å²) in [5.74, 6) is -0.148. The summed E-state index contributed by atoms with van der Waals surface area (Å²) in [6, 6.07) is 12.1. The number of carbonyl (C=O) groups is 1. The SMILES string of the molecule is COc1ccc(Cl)cc1NC(=O)CN(C)S(=O)(=O)c1ccc(C#N)cc1. The number of hydrogen-bond acceptors (Lipinski definition) is 5. The van der Waals surface area contributed by atoms with E-state index in [1.165, 1.54) is 44.5 Å². The molecule has 0 saturated heterocycles. The normalized spacial score (nSPS) is 11.0. The number of anilines is 1. The van der Waals surface area contributed by atoms with Gasteiger partial charge in [0.05, 0.1) is 35.9 Å². The molecular formula is C17H16ClN3O4S. The molecule has 2 aromatic carbocycles. The van der Waals surface area contributed by atoms with Gasteiger partial charge in [0.1, 0.15) is 5.75 Å². The molecule has 0 atom stereocenters. The molecule has 0 unspecified atom stereocenters. The van der Waals surface area contributed by atoms with Crippen LogP contribution in [0.5, 0.6) is 5.75 Å². The molecule has 7 nitrogen and oxygen atoms in total. The number of nitrogens with one attached hydrogen (secondary N) is 1. The van der Waals surface area contributed by atoms with Gasteiger partial charge in [0.25, 0.3) is 0 Å². The zero-order valence-corrected chi connectivity index (χ0v) is 15.6. The van der Waals surface area contributed by atoms with E-state index in [-0.39, 0.29) is 4.90 Å². The third-order valence-corrected chi connectivity index (χ3v) is 5.55. The summed E-state index contributed by atoms with van der Waals surface area (Å²) in [6.07, 6.45) is 0. The molecule has 0 aromatic heterocycles. The van der Waals surface area contributed by atoms with Gasteiger partial charge in [-0.2, -0.15) is 9.57 Å². The summed E-state index contributed by atoms with van der Waals surface area (Å²) in [6.45, 7) is -0.405. The van der Waals surface area contributed by atoms with Gasteiger partial charge in [0, 0.05) is 12.1 Å². The number of halogens is 1. The first-order valence-electron chi connectivity index (χ1n) is 7.38. The highest BCUT2D eigenvalue weighted by atomic mass is 35.5. The van der Waals surface area contributed by atoms with Gasteiger partial charge in [-0.3, -0.25) is 4.79 Å². The lowest BCUT2D eigenvalue weighted by Gasteiger charge is -2.17. The standard InChI is InChI=1S/C17H16ClN3O4S/c1-21(26(23,24)14-6-3-12(10-19)4-7-14)11-17(22)20-15-9-13(18)5-8-16(15)25-2/h3-9H,11H2,1-2H3,(H,20,22). The summed E-state index contributed by atoms with van der Waals surface area (Å²) < 4.78 is 31.1. The number of hydrogen-bond donors (Lipinski definition) is 1. The Kier molecular flexibility index (Phi) is 6.21. The van der Waals surface area contributed by atoms with E-state index in [2.05, 4.69) is 5.32 Å². The Morgan fingerprint density at radius 1 is 1.27 bits per heavy atom. The minimum absolute atomic E-state index is 0.00728. The van der Waals surface area contributed by atoms with Gasteiger partial charge in [-0.05, 0) is 42.5 Å². The van der Waals surface area contributed by atoms with Crippen LogP contribution in [-0.4, -0.2) is 39.3 Å². The second kappa shape index (κ2) is 8.19. The van der Waals surface area contributed by atoms with E-state index in [0.717, 1.165) is 4.31 Å². The summed E-state index contributed by atoms with van der Waals surface area (Å²) in [7, 11) is -1.13. The lowest BCUT2D eigenvalue weighted by molar-refractivity contribution is -0.116. The van der Waals surface area contributed by atoms with Crippen LogP contribution >= 0.6 is 11.6 Å². The summed E-state index contributed by atoms with van der Waals surface area (Å²) in [4.78, 5) is 12.2. The van der Waals surface area contributed by atoms with Crippen molar-refractivity contribution in [2.45, 2.75) is 4.90 Å². The number of rotatable bonds is 6. The van der Waals surface area contributed by atoms with Crippen molar-refractivity contribution in [2.24, 2.45) is 0 Å². The van der Waals surface area contributed by atoms with Gasteiger partial charge < -0.3 is 10.1 Å². The lowest BCUT2D eigenvalue weighted by atomic mass is 10.2. The van der Waals surface area contributed by atoms with Crippen LogP contribution in [0.1, 0.15) is 5.56 Å². The Hall–Kier alpha value is -2.60. The van der Waals surface area contributed by atoms with Crippen LogP contribution in [0.3, 0.4) is 0 Å². The highest BCUT2D eigenvalue weighted by Gasteiger charge is 2.23. The maximum Gasteiger partial charge on any atom is 0.243 e. The van der Waals surface area contributed by atoms with Gasteiger partial charge in [-0.1, -0.05) is 11.6 Å². The van der Waals surface area contributed by atoms with Gasteiger partial charge in [-0.15, -0.1) is 0 Å². The molecule has 0 bridgehead atoms. The number of benzene rings is 2. The van der Waals surface area contributed by atoms with Crippen molar-refractivity contribution in [1.29, 1.82) is 5.26 Å². The maximum absolute atomic E-state index is 12.5. The van der Waals surface area contributed by atoms with E-state index in [0.29, 0.717) is 22.0 Å². The average Bonchev–Trinajstić information content (AvgIpc) is 2.61. The van der Waals surface area contributed by atoms with Crippen LogP contribution in [0.2, 0.25) is 5.02 Å². The predicted molar refractivity (Wildman–Crippen MR) is 97.6 cm³/mol. The molecule has 136 valence electrons. The average molecular weight is 394 g/mol. The number of likely N-dealkylation sites (N-methyl/N-ethyl adjacent to an activating group) is 1. The zero-order valence-electron chi connectivity index (χ0n) is 14.1. The highest BCUT2D eigenvalue weighted by Crippen LogP contribution is 2.27. The van der Waals surface area contributed by atoms with Gasteiger partial charge in [0.2, 0.25) is 15.9 Å². The van der Waals surface area contributed by atoms with Crippen LogP contribution in [0.4, 0.5) is 5.69 Å². The third-order valence-electron chi connectivity index (χ3n) is 3.49. The van der Waals surface area contributed by atoms with Crippen LogP contribution in [0.25, 0.3) is 0 Å². The fourth-order valence-electron chi connectivity index (χ4n) is 2.14. The number of ether oxygens (including phenoxy) is 1. The second-order valence-electron chi connectivity index (χ2n) is 5.29. The van der Waals surface area contributed by atoms with E-state index in [1.807, 2.05) is 6.07 Å². The van der Waals surface area contributed by atoms with Gasteiger partial charge in [0.15, 0.2) is 0 Å². The monoisotopic (exact) mass is 393 g/mol. The minimum atomic E-state index is -3.87. The van der Waals surface area contributed by atoms with E-state index in [4.69, 9.17) is 21.6 Å². The molecular weight excluding hydrogens is 378 g/mol. The molecule has 0 fully saturated rings. The quantitative estimate of drug-likeness (QED) is 0.812.